The van der Waals surface area contributed by atoms with E-state index in [1.165, 1.54) is 33.0 Å². The van der Waals surface area contributed by atoms with E-state index >= 15 is 0 Å². The number of fused-ring (bicyclic) bond motifs is 1. The third-order valence-electron chi connectivity index (χ3n) is 7.43. The van der Waals surface area contributed by atoms with Gasteiger partial charge < -0.3 is 18.9 Å². The lowest BCUT2D eigenvalue weighted by Crippen LogP contribution is -2.37. The molecule has 0 bridgehead atoms. The first-order chi connectivity index (χ1) is 18.7. The normalized spacial score (nSPS) is 14.0. The van der Waals surface area contributed by atoms with Crippen LogP contribution in [0.3, 0.4) is 0 Å². The molecule has 5 rings (SSSR count). The van der Waals surface area contributed by atoms with Crippen molar-refractivity contribution in [3.8, 4) is 28.4 Å². The Kier molecular flexibility index (Phi) is 8.47. The van der Waals surface area contributed by atoms with Crippen LogP contribution in [0, 0.1) is 6.92 Å². The summed E-state index contributed by atoms with van der Waals surface area (Å²) >= 11 is 0. The van der Waals surface area contributed by atoms with E-state index in [2.05, 4.69) is 72.5 Å². The minimum absolute atomic E-state index is 0.723. The molecule has 0 N–H and O–H groups in total. The van der Waals surface area contributed by atoms with Crippen molar-refractivity contribution in [2.75, 3.05) is 53.7 Å². The minimum Gasteiger partial charge on any atom is -0.497 e. The number of methoxy groups -OCH3 is 2. The van der Waals surface area contributed by atoms with Crippen LogP contribution in [-0.4, -0.2) is 58.6 Å². The van der Waals surface area contributed by atoms with Gasteiger partial charge in [0.15, 0.2) is 0 Å². The predicted molar refractivity (Wildman–Crippen MR) is 154 cm³/mol. The Morgan fingerprint density at radius 1 is 0.816 bits per heavy atom. The Morgan fingerprint density at radius 2 is 1.61 bits per heavy atom. The molecule has 0 saturated carbocycles. The monoisotopic (exact) mass is 511 g/mol. The molecule has 1 aliphatic heterocycles. The number of benzene rings is 4. The van der Waals surface area contributed by atoms with E-state index in [-0.39, 0.29) is 0 Å². The molecule has 0 aliphatic carbocycles. The summed E-state index contributed by atoms with van der Waals surface area (Å²) in [6.45, 7) is 7.62. The highest BCUT2D eigenvalue weighted by Gasteiger charge is 2.15. The number of ether oxygens (including phenoxy) is 4. The molecule has 0 radical (unpaired) electrons. The second-order valence-corrected chi connectivity index (χ2v) is 9.79. The molecule has 5 heteroatoms. The Balaban J connectivity index is 1.37. The molecule has 4 aromatic rings. The van der Waals surface area contributed by atoms with E-state index in [1.54, 1.807) is 14.2 Å². The summed E-state index contributed by atoms with van der Waals surface area (Å²) in [4.78, 5) is 2.44. The quantitative estimate of drug-likeness (QED) is 0.227. The zero-order chi connectivity index (χ0) is 26.3. The maximum Gasteiger partial charge on any atom is 0.122 e. The SMILES string of the molecule is COc1ccc2c(Cc3ccc(OCCCN4CCOCC4)cc3)c(-c3cccc(OC)c3C)ccc2c1. The summed E-state index contributed by atoms with van der Waals surface area (Å²) in [5.74, 6) is 2.68. The lowest BCUT2D eigenvalue weighted by atomic mass is 9.88. The van der Waals surface area contributed by atoms with Crippen molar-refractivity contribution in [3.05, 3.63) is 89.5 Å². The molecule has 1 fully saturated rings. The summed E-state index contributed by atoms with van der Waals surface area (Å²) in [6.07, 6.45) is 1.83. The maximum absolute atomic E-state index is 6.05. The standard InChI is InChI=1S/C33H37NO4/c1-24-29(6-4-7-33(24)36-3)31-14-10-26-23-28(35-2)13-15-30(26)32(31)22-25-8-11-27(12-9-25)38-19-5-16-34-17-20-37-21-18-34/h4,6-15,23H,5,16-22H2,1-3H3. The van der Waals surface area contributed by atoms with Gasteiger partial charge in [0.25, 0.3) is 0 Å². The maximum atomic E-state index is 6.05. The molecule has 0 aromatic heterocycles. The lowest BCUT2D eigenvalue weighted by Gasteiger charge is -2.26. The van der Waals surface area contributed by atoms with Crippen molar-refractivity contribution in [2.45, 2.75) is 19.8 Å². The summed E-state index contributed by atoms with van der Waals surface area (Å²) in [6, 6.07) is 25.5. The van der Waals surface area contributed by atoms with Gasteiger partial charge in [0, 0.05) is 19.6 Å². The highest BCUT2D eigenvalue weighted by Crippen LogP contribution is 2.37. The van der Waals surface area contributed by atoms with E-state index in [9.17, 15) is 0 Å². The fourth-order valence-electron chi connectivity index (χ4n) is 5.28. The molecule has 5 nitrogen and oxygen atoms in total. The molecule has 1 saturated heterocycles. The predicted octanol–water partition coefficient (Wildman–Crippen LogP) is 6.52. The zero-order valence-electron chi connectivity index (χ0n) is 22.7. The second kappa shape index (κ2) is 12.3. The number of nitrogens with zero attached hydrogens (tertiary/aromatic N) is 1. The molecular formula is C33H37NO4. The lowest BCUT2D eigenvalue weighted by molar-refractivity contribution is 0.0358. The van der Waals surface area contributed by atoms with Gasteiger partial charge in [-0.05, 0) is 88.7 Å². The van der Waals surface area contributed by atoms with E-state index in [0.29, 0.717) is 0 Å². The number of morpholine rings is 1. The largest absolute Gasteiger partial charge is 0.497 e. The summed E-state index contributed by atoms with van der Waals surface area (Å²) in [7, 11) is 3.44. The van der Waals surface area contributed by atoms with Crippen molar-refractivity contribution in [2.24, 2.45) is 0 Å². The van der Waals surface area contributed by atoms with Crippen LogP contribution in [0.25, 0.3) is 21.9 Å². The van der Waals surface area contributed by atoms with Gasteiger partial charge >= 0.3 is 0 Å². The Hall–Kier alpha value is -3.54. The van der Waals surface area contributed by atoms with Crippen LogP contribution in [0.2, 0.25) is 0 Å². The van der Waals surface area contributed by atoms with Crippen LogP contribution in [0.5, 0.6) is 17.2 Å². The van der Waals surface area contributed by atoms with Crippen molar-refractivity contribution in [1.29, 1.82) is 0 Å². The van der Waals surface area contributed by atoms with E-state index in [1.807, 2.05) is 12.1 Å². The number of hydrogen-bond acceptors (Lipinski definition) is 5. The third kappa shape index (κ3) is 5.95. The van der Waals surface area contributed by atoms with Crippen molar-refractivity contribution >= 4 is 10.8 Å². The molecule has 198 valence electrons. The van der Waals surface area contributed by atoms with Crippen LogP contribution in [-0.2, 0) is 11.2 Å². The van der Waals surface area contributed by atoms with Crippen molar-refractivity contribution in [1.82, 2.24) is 4.90 Å². The number of rotatable bonds is 10. The molecular weight excluding hydrogens is 474 g/mol. The van der Waals surface area contributed by atoms with Gasteiger partial charge in [-0.25, -0.2) is 0 Å². The molecule has 1 heterocycles. The van der Waals surface area contributed by atoms with Crippen LogP contribution >= 0.6 is 0 Å². The average Bonchev–Trinajstić information content (AvgIpc) is 2.97. The number of hydrogen-bond donors (Lipinski definition) is 0. The summed E-state index contributed by atoms with van der Waals surface area (Å²) in [5, 5.41) is 2.40. The zero-order valence-corrected chi connectivity index (χ0v) is 22.7. The van der Waals surface area contributed by atoms with Gasteiger partial charge in [0.2, 0.25) is 0 Å². The smallest absolute Gasteiger partial charge is 0.122 e. The molecule has 0 atom stereocenters. The van der Waals surface area contributed by atoms with Gasteiger partial charge in [-0.1, -0.05) is 42.5 Å². The van der Waals surface area contributed by atoms with E-state index < -0.39 is 0 Å². The average molecular weight is 512 g/mol. The topological polar surface area (TPSA) is 40.2 Å². The van der Waals surface area contributed by atoms with Gasteiger partial charge in [0.05, 0.1) is 34.0 Å². The molecule has 38 heavy (non-hydrogen) atoms. The van der Waals surface area contributed by atoms with Gasteiger partial charge in [-0.15, -0.1) is 0 Å². The fraction of sp³-hybridized carbons (Fsp3) is 0.333. The third-order valence-corrected chi connectivity index (χ3v) is 7.43. The molecule has 0 spiro atoms. The second-order valence-electron chi connectivity index (χ2n) is 9.79. The molecule has 0 unspecified atom stereocenters. The van der Waals surface area contributed by atoms with E-state index in [4.69, 9.17) is 18.9 Å². The summed E-state index contributed by atoms with van der Waals surface area (Å²) < 4.78 is 22.6. The first-order valence-electron chi connectivity index (χ1n) is 13.4. The minimum atomic E-state index is 0.723. The molecule has 1 aliphatic rings. The van der Waals surface area contributed by atoms with Crippen LogP contribution in [0.4, 0.5) is 0 Å². The van der Waals surface area contributed by atoms with Crippen LogP contribution < -0.4 is 14.2 Å². The van der Waals surface area contributed by atoms with E-state index in [0.717, 1.165) is 75.1 Å². The van der Waals surface area contributed by atoms with Crippen molar-refractivity contribution in [3.63, 3.8) is 0 Å². The first kappa shape index (κ1) is 26.1. The highest BCUT2D eigenvalue weighted by molar-refractivity contribution is 5.93. The summed E-state index contributed by atoms with van der Waals surface area (Å²) in [5.41, 5.74) is 6.10. The molecule has 0 amide bonds. The van der Waals surface area contributed by atoms with Crippen LogP contribution in [0.1, 0.15) is 23.1 Å². The van der Waals surface area contributed by atoms with Gasteiger partial charge in [0.1, 0.15) is 17.2 Å². The Morgan fingerprint density at radius 3 is 2.37 bits per heavy atom. The fourth-order valence-corrected chi connectivity index (χ4v) is 5.28. The highest BCUT2D eigenvalue weighted by atomic mass is 16.5. The molecule has 4 aromatic carbocycles. The Bertz CT molecular complexity index is 1360. The van der Waals surface area contributed by atoms with Crippen LogP contribution in [0.15, 0.2) is 72.8 Å². The van der Waals surface area contributed by atoms with Gasteiger partial charge in [-0.2, -0.15) is 0 Å². The first-order valence-corrected chi connectivity index (χ1v) is 13.4. The van der Waals surface area contributed by atoms with Gasteiger partial charge in [-0.3, -0.25) is 4.90 Å². The Labute approximate surface area is 225 Å². The van der Waals surface area contributed by atoms with Crippen molar-refractivity contribution < 1.29 is 18.9 Å².